The molecule has 0 saturated carbocycles. The van der Waals surface area contributed by atoms with Crippen molar-refractivity contribution in [1.29, 1.82) is 0 Å². The smallest absolute Gasteiger partial charge is 0.240 e. The zero-order valence-corrected chi connectivity index (χ0v) is 16.7. The minimum Gasteiger partial charge on any atom is -0.491 e. The van der Waals surface area contributed by atoms with E-state index in [2.05, 4.69) is 0 Å². The van der Waals surface area contributed by atoms with Crippen molar-refractivity contribution in [1.82, 2.24) is 9.55 Å². The van der Waals surface area contributed by atoms with E-state index in [0.717, 1.165) is 42.2 Å². The number of imidazole rings is 1. The van der Waals surface area contributed by atoms with Crippen molar-refractivity contribution in [3.63, 3.8) is 0 Å². The van der Waals surface area contributed by atoms with Crippen LogP contribution in [-0.4, -0.2) is 60.3 Å². The highest BCUT2D eigenvalue weighted by molar-refractivity contribution is 5.93. The lowest BCUT2D eigenvalue weighted by molar-refractivity contribution is -0.119. The van der Waals surface area contributed by atoms with Gasteiger partial charge in [0.2, 0.25) is 11.8 Å². The molecule has 9 heteroatoms. The Morgan fingerprint density at radius 3 is 2.93 bits per heavy atom. The number of nitrogens with zero attached hydrogens (tertiary/aromatic N) is 4. The zero-order chi connectivity index (χ0) is 20.7. The average Bonchev–Trinajstić information content (AvgIpc) is 3.29. The number of primary amides is 1. The van der Waals surface area contributed by atoms with E-state index in [-0.39, 0.29) is 17.9 Å². The number of amides is 2. The molecule has 30 heavy (non-hydrogen) atoms. The minimum atomic E-state index is -0.297. The normalized spacial score (nSPS) is 21.5. The van der Waals surface area contributed by atoms with Crippen LogP contribution in [0.3, 0.4) is 0 Å². The van der Waals surface area contributed by atoms with E-state index in [0.29, 0.717) is 45.1 Å². The van der Waals surface area contributed by atoms with E-state index in [1.54, 1.807) is 4.90 Å². The van der Waals surface area contributed by atoms with Gasteiger partial charge in [-0.25, -0.2) is 4.98 Å². The van der Waals surface area contributed by atoms with Gasteiger partial charge in [-0.15, -0.1) is 0 Å². The van der Waals surface area contributed by atoms with E-state index >= 15 is 0 Å². The molecule has 158 valence electrons. The maximum absolute atomic E-state index is 12.4. The van der Waals surface area contributed by atoms with Gasteiger partial charge in [0, 0.05) is 24.5 Å². The van der Waals surface area contributed by atoms with Gasteiger partial charge in [-0.05, 0) is 25.0 Å². The molecule has 0 unspecified atom stereocenters. The molecule has 2 aromatic rings. The summed E-state index contributed by atoms with van der Waals surface area (Å²) in [7, 11) is 0. The van der Waals surface area contributed by atoms with Gasteiger partial charge in [0.25, 0.3) is 0 Å². The molecule has 3 aliphatic heterocycles. The van der Waals surface area contributed by atoms with Gasteiger partial charge in [0.05, 0.1) is 38.3 Å². The third-order valence-corrected chi connectivity index (χ3v) is 5.97. The SMILES string of the molecule is NC(=O)[C@@H]1CCCN1c1ccc2c(c1)OCCn1cc(N3CCOCCC3=O)nc1-2. The topological polar surface area (TPSA) is 103 Å². The summed E-state index contributed by atoms with van der Waals surface area (Å²) in [6.07, 6.45) is 3.98. The zero-order valence-electron chi connectivity index (χ0n) is 16.7. The Hall–Kier alpha value is -3.07. The molecule has 9 nitrogen and oxygen atoms in total. The molecule has 2 N–H and O–H groups in total. The van der Waals surface area contributed by atoms with Crippen LogP contribution in [0.25, 0.3) is 11.4 Å². The highest BCUT2D eigenvalue weighted by Gasteiger charge is 2.30. The van der Waals surface area contributed by atoms with Crippen molar-refractivity contribution in [3.8, 4) is 17.1 Å². The quantitative estimate of drug-likeness (QED) is 0.813. The van der Waals surface area contributed by atoms with Crippen molar-refractivity contribution in [2.45, 2.75) is 31.8 Å². The second-order valence-corrected chi connectivity index (χ2v) is 7.81. The predicted octanol–water partition coefficient (Wildman–Crippen LogP) is 1.15. The van der Waals surface area contributed by atoms with Crippen molar-refractivity contribution in [2.75, 3.05) is 42.7 Å². The number of ether oxygens (including phenoxy) is 2. The third kappa shape index (κ3) is 3.28. The second-order valence-electron chi connectivity index (χ2n) is 7.81. The molecule has 1 aromatic heterocycles. The van der Waals surface area contributed by atoms with E-state index in [1.807, 2.05) is 33.9 Å². The molecule has 2 amide bonds. The van der Waals surface area contributed by atoms with Crippen molar-refractivity contribution >= 4 is 23.3 Å². The summed E-state index contributed by atoms with van der Waals surface area (Å²) in [4.78, 5) is 32.8. The van der Waals surface area contributed by atoms with Crippen LogP contribution in [-0.2, 0) is 20.9 Å². The summed E-state index contributed by atoms with van der Waals surface area (Å²) in [5, 5.41) is 0. The number of anilines is 2. The number of nitrogens with two attached hydrogens (primary N) is 1. The molecule has 1 atom stereocenters. The standard InChI is InChI=1S/C21H25N5O4/c22-20(28)16-2-1-6-25(16)14-3-4-15-17(12-14)30-11-7-24-13-18(23-21(15)24)26-8-10-29-9-5-19(26)27/h3-4,12-13,16H,1-2,5-11H2,(H2,22,28)/t16-/m0/s1. The largest absolute Gasteiger partial charge is 0.491 e. The van der Waals surface area contributed by atoms with Crippen molar-refractivity contribution in [3.05, 3.63) is 24.4 Å². The molecule has 0 radical (unpaired) electrons. The lowest BCUT2D eigenvalue weighted by Crippen LogP contribution is -2.40. The first-order chi connectivity index (χ1) is 14.6. The molecule has 3 aliphatic rings. The highest BCUT2D eigenvalue weighted by atomic mass is 16.5. The molecule has 2 saturated heterocycles. The van der Waals surface area contributed by atoms with Crippen LogP contribution in [0.1, 0.15) is 19.3 Å². The van der Waals surface area contributed by atoms with Crippen LogP contribution in [0.15, 0.2) is 24.4 Å². The predicted molar refractivity (Wildman–Crippen MR) is 111 cm³/mol. The van der Waals surface area contributed by atoms with Gasteiger partial charge in [-0.3, -0.25) is 14.5 Å². The van der Waals surface area contributed by atoms with Gasteiger partial charge in [-0.2, -0.15) is 0 Å². The summed E-state index contributed by atoms with van der Waals surface area (Å²) in [5.74, 6) is 1.87. The Morgan fingerprint density at radius 2 is 2.07 bits per heavy atom. The monoisotopic (exact) mass is 411 g/mol. The Bertz CT molecular complexity index is 988. The molecule has 0 bridgehead atoms. The Labute approximate surface area is 174 Å². The van der Waals surface area contributed by atoms with Crippen LogP contribution in [0, 0.1) is 0 Å². The van der Waals surface area contributed by atoms with Gasteiger partial charge in [0.15, 0.2) is 5.82 Å². The fourth-order valence-corrected chi connectivity index (χ4v) is 4.46. The van der Waals surface area contributed by atoms with Gasteiger partial charge in [-0.1, -0.05) is 0 Å². The van der Waals surface area contributed by atoms with Gasteiger partial charge >= 0.3 is 0 Å². The van der Waals surface area contributed by atoms with Crippen LogP contribution in [0.2, 0.25) is 0 Å². The van der Waals surface area contributed by atoms with Crippen molar-refractivity contribution in [2.24, 2.45) is 5.73 Å². The molecule has 4 heterocycles. The van der Waals surface area contributed by atoms with E-state index in [9.17, 15) is 9.59 Å². The maximum atomic E-state index is 12.4. The average molecular weight is 411 g/mol. The summed E-state index contributed by atoms with van der Waals surface area (Å²) >= 11 is 0. The number of hydrogen-bond donors (Lipinski definition) is 1. The number of benzene rings is 1. The first-order valence-electron chi connectivity index (χ1n) is 10.4. The Morgan fingerprint density at radius 1 is 1.17 bits per heavy atom. The summed E-state index contributed by atoms with van der Waals surface area (Å²) < 4.78 is 13.5. The first kappa shape index (κ1) is 18.9. The van der Waals surface area contributed by atoms with E-state index in [4.69, 9.17) is 20.2 Å². The third-order valence-electron chi connectivity index (χ3n) is 5.97. The molecule has 0 aliphatic carbocycles. The van der Waals surface area contributed by atoms with E-state index < -0.39 is 0 Å². The molecular formula is C21H25N5O4. The van der Waals surface area contributed by atoms with Gasteiger partial charge in [0.1, 0.15) is 24.2 Å². The molecule has 1 aromatic carbocycles. The number of rotatable bonds is 3. The number of aromatic nitrogens is 2. The van der Waals surface area contributed by atoms with E-state index in [1.165, 1.54) is 0 Å². The maximum Gasteiger partial charge on any atom is 0.240 e. The lowest BCUT2D eigenvalue weighted by atomic mass is 10.1. The second kappa shape index (κ2) is 7.64. The van der Waals surface area contributed by atoms with Crippen LogP contribution in [0.5, 0.6) is 5.75 Å². The lowest BCUT2D eigenvalue weighted by Gasteiger charge is -2.25. The number of carbonyl (C=O) groups is 2. The van der Waals surface area contributed by atoms with Gasteiger partial charge < -0.3 is 24.7 Å². The molecule has 5 rings (SSSR count). The fourth-order valence-electron chi connectivity index (χ4n) is 4.46. The number of hydrogen-bond acceptors (Lipinski definition) is 6. The Balaban J connectivity index is 1.49. The van der Waals surface area contributed by atoms with Crippen molar-refractivity contribution < 1.29 is 19.1 Å². The molecular weight excluding hydrogens is 386 g/mol. The fraction of sp³-hybridized carbons (Fsp3) is 0.476. The summed E-state index contributed by atoms with van der Waals surface area (Å²) in [5.41, 5.74) is 7.38. The highest BCUT2D eigenvalue weighted by Crippen LogP contribution is 2.38. The summed E-state index contributed by atoms with van der Waals surface area (Å²) in [6, 6.07) is 5.64. The van der Waals surface area contributed by atoms with Crippen LogP contribution < -0.4 is 20.3 Å². The number of carbonyl (C=O) groups excluding carboxylic acids is 2. The summed E-state index contributed by atoms with van der Waals surface area (Å²) in [6.45, 7) is 3.39. The number of fused-ring (bicyclic) bond motifs is 3. The first-order valence-corrected chi connectivity index (χ1v) is 10.4. The van der Waals surface area contributed by atoms with Crippen LogP contribution in [0.4, 0.5) is 11.5 Å². The van der Waals surface area contributed by atoms with Crippen LogP contribution >= 0.6 is 0 Å². The molecule has 0 spiro atoms. The minimum absolute atomic E-state index is 0.0270. The Kier molecular flexibility index (Phi) is 4.82. The molecule has 2 fully saturated rings.